The molecule has 1 heterocycles. The van der Waals surface area contributed by atoms with Crippen LogP contribution in [-0.2, 0) is 0 Å². The Labute approximate surface area is 149 Å². The first-order valence-electron chi connectivity index (χ1n) is 8.98. The number of hydrogen-bond donors (Lipinski definition) is 1. The fraction of sp³-hybridized carbons (Fsp3) is 0.429. The number of aryl methyl sites for hydroxylation is 1. The Kier molecular flexibility index (Phi) is 5.67. The van der Waals surface area contributed by atoms with Crippen LogP contribution in [0.1, 0.15) is 49.1 Å². The second kappa shape index (κ2) is 8.13. The normalized spacial score (nSPS) is 20.4. The molecule has 1 aliphatic carbocycles. The molecule has 4 heteroatoms. The Bertz CT molecular complexity index is 733. The molecule has 1 saturated carbocycles. The first-order chi connectivity index (χ1) is 12.2. The van der Waals surface area contributed by atoms with Crippen LogP contribution in [0, 0.1) is 24.2 Å². The number of nitrogens with one attached hydrogen (secondary N) is 1. The van der Waals surface area contributed by atoms with E-state index in [0.717, 1.165) is 30.1 Å². The Morgan fingerprint density at radius 2 is 2.00 bits per heavy atom. The van der Waals surface area contributed by atoms with Crippen LogP contribution in [0.15, 0.2) is 42.5 Å². The highest BCUT2D eigenvalue weighted by atomic mass is 16.5. The molecule has 2 aromatic rings. The molecule has 1 N–H and O–H groups in total. The lowest BCUT2D eigenvalue weighted by Crippen LogP contribution is -2.40. The molecular formula is C21H25N3O. The average Bonchev–Trinajstić information content (AvgIpc) is 2.60. The first-order valence-corrected chi connectivity index (χ1v) is 8.98. The first kappa shape index (κ1) is 17.4. The van der Waals surface area contributed by atoms with Crippen molar-refractivity contribution in [3.05, 3.63) is 59.3 Å². The van der Waals surface area contributed by atoms with Gasteiger partial charge in [-0.3, -0.25) is 0 Å². The minimum Gasteiger partial charge on any atom is -0.468 e. The van der Waals surface area contributed by atoms with Gasteiger partial charge >= 0.3 is 0 Å². The number of ether oxygens (including phenoxy) is 1. The number of nitriles is 1. The fourth-order valence-electron chi connectivity index (χ4n) is 3.29. The van der Waals surface area contributed by atoms with E-state index in [4.69, 9.17) is 4.74 Å². The van der Waals surface area contributed by atoms with Crippen LogP contribution in [0.2, 0.25) is 0 Å². The maximum absolute atomic E-state index is 9.32. The third kappa shape index (κ3) is 4.58. The van der Waals surface area contributed by atoms with E-state index in [1.807, 2.05) is 31.2 Å². The summed E-state index contributed by atoms with van der Waals surface area (Å²) in [7, 11) is 0. The van der Waals surface area contributed by atoms with Gasteiger partial charge in [-0.2, -0.15) is 5.26 Å². The largest absolute Gasteiger partial charge is 0.468 e. The summed E-state index contributed by atoms with van der Waals surface area (Å²) in [4.78, 5) is 4.42. The molecule has 0 radical (unpaired) electrons. The number of hydrogen-bond acceptors (Lipinski definition) is 4. The number of nitrogens with zero attached hydrogens (tertiary/aromatic N) is 2. The van der Waals surface area contributed by atoms with E-state index in [2.05, 4.69) is 35.4 Å². The van der Waals surface area contributed by atoms with Crippen LogP contribution in [0.5, 0.6) is 5.88 Å². The van der Waals surface area contributed by atoms with Crippen molar-refractivity contribution in [1.29, 1.82) is 5.26 Å². The molecular weight excluding hydrogens is 310 g/mol. The quantitative estimate of drug-likeness (QED) is 0.825. The van der Waals surface area contributed by atoms with E-state index < -0.39 is 0 Å². The third-order valence-corrected chi connectivity index (χ3v) is 4.76. The zero-order valence-corrected chi connectivity index (χ0v) is 14.9. The summed E-state index contributed by atoms with van der Waals surface area (Å²) < 4.78 is 6.18. The number of aromatic nitrogens is 1. The molecule has 0 spiro atoms. The summed E-state index contributed by atoms with van der Waals surface area (Å²) in [5, 5.41) is 12.9. The molecule has 3 rings (SSSR count). The van der Waals surface area contributed by atoms with Gasteiger partial charge < -0.3 is 10.1 Å². The summed E-state index contributed by atoms with van der Waals surface area (Å²) in [5.41, 5.74) is 2.44. The molecule has 25 heavy (non-hydrogen) atoms. The van der Waals surface area contributed by atoms with Crippen LogP contribution >= 0.6 is 0 Å². The van der Waals surface area contributed by atoms with E-state index >= 15 is 0 Å². The van der Waals surface area contributed by atoms with Gasteiger partial charge in [-0.1, -0.05) is 37.3 Å². The molecule has 1 aromatic heterocycles. The molecule has 1 atom stereocenters. The molecule has 0 unspecified atom stereocenters. The van der Waals surface area contributed by atoms with Gasteiger partial charge in [0.15, 0.2) is 0 Å². The molecule has 1 aromatic carbocycles. The number of benzene rings is 1. The zero-order chi connectivity index (χ0) is 17.6. The SMILES string of the molecule is Cc1ccc(C#N)c(O[C@H](CCN[C@H]2C[C@H](C)C2)c2ccccc2)n1. The molecule has 0 amide bonds. The second-order valence-corrected chi connectivity index (χ2v) is 6.95. The van der Waals surface area contributed by atoms with Crippen molar-refractivity contribution in [1.82, 2.24) is 10.3 Å². The van der Waals surface area contributed by atoms with Crippen LogP contribution < -0.4 is 10.1 Å². The van der Waals surface area contributed by atoms with Gasteiger partial charge in [-0.15, -0.1) is 0 Å². The van der Waals surface area contributed by atoms with Crippen LogP contribution in [0.4, 0.5) is 0 Å². The zero-order valence-electron chi connectivity index (χ0n) is 14.9. The smallest absolute Gasteiger partial charge is 0.232 e. The lowest BCUT2D eigenvalue weighted by Gasteiger charge is -2.34. The maximum atomic E-state index is 9.32. The van der Waals surface area contributed by atoms with E-state index in [1.54, 1.807) is 6.07 Å². The topological polar surface area (TPSA) is 57.9 Å². The second-order valence-electron chi connectivity index (χ2n) is 6.95. The van der Waals surface area contributed by atoms with Crippen molar-refractivity contribution in [2.75, 3.05) is 6.54 Å². The highest BCUT2D eigenvalue weighted by Gasteiger charge is 2.25. The number of pyridine rings is 1. The van der Waals surface area contributed by atoms with Crippen LogP contribution in [-0.4, -0.2) is 17.6 Å². The summed E-state index contributed by atoms with van der Waals surface area (Å²) >= 11 is 0. The van der Waals surface area contributed by atoms with Crippen molar-refractivity contribution in [3.8, 4) is 11.9 Å². The summed E-state index contributed by atoms with van der Waals surface area (Å²) in [5.74, 6) is 1.27. The van der Waals surface area contributed by atoms with E-state index in [0.29, 0.717) is 17.5 Å². The van der Waals surface area contributed by atoms with Crippen molar-refractivity contribution < 1.29 is 4.74 Å². The van der Waals surface area contributed by atoms with Gasteiger partial charge in [0.2, 0.25) is 5.88 Å². The Hall–Kier alpha value is -2.38. The van der Waals surface area contributed by atoms with E-state index in [-0.39, 0.29) is 6.10 Å². The fourth-order valence-corrected chi connectivity index (χ4v) is 3.29. The predicted molar refractivity (Wildman–Crippen MR) is 98.3 cm³/mol. The predicted octanol–water partition coefficient (Wildman–Crippen LogP) is 4.16. The van der Waals surface area contributed by atoms with Crippen molar-refractivity contribution in [2.24, 2.45) is 5.92 Å². The molecule has 0 bridgehead atoms. The van der Waals surface area contributed by atoms with E-state index in [1.165, 1.54) is 12.8 Å². The molecule has 0 aliphatic heterocycles. The summed E-state index contributed by atoms with van der Waals surface area (Å²) in [6.45, 7) is 5.09. The van der Waals surface area contributed by atoms with Gasteiger partial charge in [0, 0.05) is 18.2 Å². The summed E-state index contributed by atoms with van der Waals surface area (Å²) in [6.07, 6.45) is 3.24. The molecule has 1 fully saturated rings. The van der Waals surface area contributed by atoms with Gasteiger partial charge in [-0.25, -0.2) is 4.98 Å². The van der Waals surface area contributed by atoms with Crippen molar-refractivity contribution >= 4 is 0 Å². The van der Waals surface area contributed by atoms with Gasteiger partial charge in [0.25, 0.3) is 0 Å². The molecule has 1 aliphatic rings. The molecule has 130 valence electrons. The minimum absolute atomic E-state index is 0.118. The number of rotatable bonds is 7. The Morgan fingerprint density at radius 3 is 2.68 bits per heavy atom. The monoisotopic (exact) mass is 335 g/mol. The van der Waals surface area contributed by atoms with Gasteiger partial charge in [-0.05, 0) is 49.9 Å². The van der Waals surface area contributed by atoms with E-state index in [9.17, 15) is 5.26 Å². The lowest BCUT2D eigenvalue weighted by atomic mass is 9.82. The highest BCUT2D eigenvalue weighted by Crippen LogP contribution is 2.28. The molecule has 0 saturated heterocycles. The third-order valence-electron chi connectivity index (χ3n) is 4.76. The average molecular weight is 335 g/mol. The Morgan fingerprint density at radius 1 is 1.24 bits per heavy atom. The molecule has 4 nitrogen and oxygen atoms in total. The van der Waals surface area contributed by atoms with Crippen molar-refractivity contribution in [2.45, 2.75) is 45.3 Å². The summed E-state index contributed by atoms with van der Waals surface area (Å²) in [6, 6.07) is 16.6. The van der Waals surface area contributed by atoms with Gasteiger partial charge in [0.1, 0.15) is 17.7 Å². The van der Waals surface area contributed by atoms with Crippen LogP contribution in [0.3, 0.4) is 0 Å². The Balaban J connectivity index is 1.70. The minimum atomic E-state index is -0.118. The standard InChI is InChI=1S/C21H25N3O/c1-15-12-19(13-15)23-11-10-20(17-6-4-3-5-7-17)25-21-18(14-22)9-8-16(2)24-21/h3-9,15,19-20,23H,10-13H2,1-2H3/t15-,19-,20-/m1/s1. The lowest BCUT2D eigenvalue weighted by molar-refractivity contribution is 0.174. The highest BCUT2D eigenvalue weighted by molar-refractivity contribution is 5.39. The van der Waals surface area contributed by atoms with Crippen molar-refractivity contribution in [3.63, 3.8) is 0 Å². The van der Waals surface area contributed by atoms with Crippen LogP contribution in [0.25, 0.3) is 0 Å². The van der Waals surface area contributed by atoms with Gasteiger partial charge in [0.05, 0.1) is 0 Å². The maximum Gasteiger partial charge on any atom is 0.232 e.